The van der Waals surface area contributed by atoms with Crippen LogP contribution in [0.4, 0.5) is 0 Å². The van der Waals surface area contributed by atoms with Crippen LogP contribution in [0, 0.1) is 28.6 Å². The molecule has 1 heterocycles. The van der Waals surface area contributed by atoms with Crippen molar-refractivity contribution in [1.82, 2.24) is 5.32 Å². The molecule has 1 aliphatic heterocycles. The minimum atomic E-state index is -1.51. The standard InChI is InChI=1S/C27H44N4O4/c1-17-8-9-18-12-21-22(23(32)33)25(34,16-35-20-6-4-5-7-20)14-26(17,21)27(18)15-31(24(28)30-3)11-10-19(27)13-29-2/h17-20,29,34H,4-16H2,1-3H3,(H2,28,30)(H,32,33). The van der Waals surface area contributed by atoms with Gasteiger partial charge in [0, 0.05) is 29.9 Å². The first-order valence-corrected chi connectivity index (χ1v) is 13.7. The van der Waals surface area contributed by atoms with Crippen LogP contribution in [-0.2, 0) is 9.53 Å². The average molecular weight is 489 g/mol. The summed E-state index contributed by atoms with van der Waals surface area (Å²) in [5.41, 5.74) is 5.45. The van der Waals surface area contributed by atoms with Crippen molar-refractivity contribution in [3.8, 4) is 0 Å². The fourth-order valence-electron chi connectivity index (χ4n) is 9.52. The number of likely N-dealkylation sites (tertiary alicyclic amines) is 1. The number of aliphatic imine (C=N–C) groups is 1. The summed E-state index contributed by atoms with van der Waals surface area (Å²) < 4.78 is 6.20. The van der Waals surface area contributed by atoms with Gasteiger partial charge < -0.3 is 30.8 Å². The SMILES string of the molecule is CN=C(N)[NH+]1CCC(CNC)C2(C1)C1CCC(C)C23CC(O)(COC2CCCC2)C(C(=O)[O-])=C3C1. The molecule has 0 aromatic carbocycles. The molecule has 2 bridgehead atoms. The van der Waals surface area contributed by atoms with Crippen molar-refractivity contribution in [1.29, 1.82) is 0 Å². The fraction of sp³-hybridized carbons (Fsp3) is 0.852. The number of nitrogens with zero attached hydrogens (tertiary/aromatic N) is 1. The van der Waals surface area contributed by atoms with Crippen LogP contribution in [0.1, 0.15) is 64.7 Å². The Morgan fingerprint density at radius 2 is 2.03 bits per heavy atom. The number of quaternary nitrogens is 1. The van der Waals surface area contributed by atoms with Crippen molar-refractivity contribution in [2.45, 2.75) is 76.4 Å². The minimum absolute atomic E-state index is 0.0471. The van der Waals surface area contributed by atoms with Crippen molar-refractivity contribution in [3.63, 3.8) is 0 Å². The zero-order valence-corrected chi connectivity index (χ0v) is 21.7. The van der Waals surface area contributed by atoms with Crippen LogP contribution in [0.25, 0.3) is 0 Å². The third-order valence-electron chi connectivity index (χ3n) is 10.8. The maximum absolute atomic E-state index is 12.7. The smallest absolute Gasteiger partial charge is 0.293 e. The highest BCUT2D eigenvalue weighted by molar-refractivity contribution is 5.90. The van der Waals surface area contributed by atoms with Crippen molar-refractivity contribution in [2.75, 3.05) is 40.3 Å². The fourth-order valence-corrected chi connectivity index (χ4v) is 9.52. The van der Waals surface area contributed by atoms with Gasteiger partial charge >= 0.3 is 0 Å². The molecule has 7 atom stereocenters. The van der Waals surface area contributed by atoms with Crippen LogP contribution >= 0.6 is 0 Å². The number of rotatable bonds is 6. The quantitative estimate of drug-likeness (QED) is 0.298. The maximum atomic E-state index is 12.7. The van der Waals surface area contributed by atoms with Crippen LogP contribution < -0.4 is 21.1 Å². The Labute approximate surface area is 209 Å². The normalized spacial score (nSPS) is 43.8. The lowest BCUT2D eigenvalue weighted by molar-refractivity contribution is -0.828. The molecular weight excluding hydrogens is 444 g/mol. The molecule has 0 aromatic heterocycles. The summed E-state index contributed by atoms with van der Waals surface area (Å²) in [4.78, 5) is 18.2. The summed E-state index contributed by atoms with van der Waals surface area (Å²) in [6.45, 7) is 4.97. The number of carbonyl (C=O) groups excluding carboxylic acids is 1. The predicted molar refractivity (Wildman–Crippen MR) is 131 cm³/mol. The van der Waals surface area contributed by atoms with Gasteiger partial charge in [-0.2, -0.15) is 0 Å². The number of aliphatic hydroxyl groups is 1. The van der Waals surface area contributed by atoms with E-state index >= 15 is 0 Å². The highest BCUT2D eigenvalue weighted by Gasteiger charge is 2.75. The molecule has 3 saturated carbocycles. The van der Waals surface area contributed by atoms with Gasteiger partial charge in [-0.25, -0.2) is 4.99 Å². The number of allylic oxidation sites excluding steroid dienone is 1. The van der Waals surface area contributed by atoms with E-state index in [-0.39, 0.29) is 35.0 Å². The zero-order chi connectivity index (χ0) is 25.0. The van der Waals surface area contributed by atoms with Crippen LogP contribution in [0.15, 0.2) is 16.1 Å². The van der Waals surface area contributed by atoms with E-state index in [1.807, 2.05) is 7.05 Å². The van der Waals surface area contributed by atoms with Crippen molar-refractivity contribution < 1.29 is 24.6 Å². The first-order chi connectivity index (χ1) is 16.7. The maximum Gasteiger partial charge on any atom is 0.293 e. The van der Waals surface area contributed by atoms with E-state index < -0.39 is 11.6 Å². The zero-order valence-electron chi connectivity index (χ0n) is 21.7. The molecule has 4 aliphatic carbocycles. The van der Waals surface area contributed by atoms with Gasteiger partial charge in [0.2, 0.25) is 0 Å². The Kier molecular flexibility index (Phi) is 6.56. The van der Waals surface area contributed by atoms with Crippen molar-refractivity contribution in [2.24, 2.45) is 39.3 Å². The summed E-state index contributed by atoms with van der Waals surface area (Å²) in [6, 6.07) is 0. The number of nitrogens with one attached hydrogen (secondary N) is 2. The molecule has 5 N–H and O–H groups in total. The molecule has 196 valence electrons. The Hall–Kier alpha value is -1.48. The molecule has 8 heteroatoms. The lowest BCUT2D eigenvalue weighted by Gasteiger charge is -2.60. The summed E-state index contributed by atoms with van der Waals surface area (Å²) in [6.07, 6.45) is 8.63. The topological polar surface area (TPSA) is 124 Å². The third-order valence-corrected chi connectivity index (χ3v) is 10.8. The Bertz CT molecular complexity index is 915. The van der Waals surface area contributed by atoms with Crippen LogP contribution in [0.5, 0.6) is 0 Å². The van der Waals surface area contributed by atoms with Crippen LogP contribution in [0.3, 0.4) is 0 Å². The van der Waals surface area contributed by atoms with E-state index in [0.717, 1.165) is 76.6 Å². The van der Waals surface area contributed by atoms with Crippen LogP contribution in [0.2, 0.25) is 0 Å². The largest absolute Gasteiger partial charge is 0.545 e. The number of carboxylic acids is 1. The van der Waals surface area contributed by atoms with Crippen LogP contribution in [-0.4, -0.2) is 69.1 Å². The number of nitrogens with two attached hydrogens (primary N) is 1. The number of piperidine rings is 1. The molecule has 2 spiro atoms. The second-order valence-electron chi connectivity index (χ2n) is 12.1. The minimum Gasteiger partial charge on any atom is -0.545 e. The Morgan fingerprint density at radius 3 is 2.69 bits per heavy atom. The van der Waals surface area contributed by atoms with Gasteiger partial charge in [-0.15, -0.1) is 0 Å². The molecule has 7 unspecified atom stereocenters. The number of guanidine groups is 1. The van der Waals surface area contributed by atoms with E-state index in [9.17, 15) is 15.0 Å². The number of aliphatic carboxylic acids is 1. The summed E-state index contributed by atoms with van der Waals surface area (Å²) >= 11 is 0. The van der Waals surface area contributed by atoms with Gasteiger partial charge in [0.25, 0.3) is 5.96 Å². The molecule has 5 aliphatic rings. The van der Waals surface area contributed by atoms with Gasteiger partial charge in [0.1, 0.15) is 5.60 Å². The van der Waals surface area contributed by atoms with Gasteiger partial charge in [-0.3, -0.25) is 4.90 Å². The summed E-state index contributed by atoms with van der Waals surface area (Å²) in [5.74, 6) is 0.437. The second kappa shape index (κ2) is 9.12. The van der Waals surface area contributed by atoms with E-state index in [1.165, 1.54) is 4.90 Å². The molecule has 35 heavy (non-hydrogen) atoms. The second-order valence-corrected chi connectivity index (χ2v) is 12.1. The van der Waals surface area contributed by atoms with Gasteiger partial charge in [-0.1, -0.05) is 25.3 Å². The highest BCUT2D eigenvalue weighted by atomic mass is 16.5. The first-order valence-electron chi connectivity index (χ1n) is 13.7. The van der Waals surface area contributed by atoms with Gasteiger partial charge in [0.05, 0.1) is 31.8 Å². The molecule has 1 saturated heterocycles. The number of hydrogen-bond acceptors (Lipinski definition) is 6. The van der Waals surface area contributed by atoms with E-state index in [0.29, 0.717) is 24.2 Å². The Morgan fingerprint density at radius 1 is 1.29 bits per heavy atom. The molecular formula is C27H44N4O4. The van der Waals surface area contributed by atoms with Gasteiger partial charge in [0.15, 0.2) is 0 Å². The van der Waals surface area contributed by atoms with Gasteiger partial charge in [-0.05, 0) is 69.9 Å². The molecule has 0 radical (unpaired) electrons. The average Bonchev–Trinajstić information content (AvgIpc) is 3.47. The third kappa shape index (κ3) is 3.54. The van der Waals surface area contributed by atoms with E-state index in [2.05, 4.69) is 17.2 Å². The molecule has 0 amide bonds. The van der Waals surface area contributed by atoms with Crippen molar-refractivity contribution >= 4 is 11.9 Å². The highest BCUT2D eigenvalue weighted by Crippen LogP contribution is 2.76. The Balaban J connectivity index is 1.62. The predicted octanol–water partition coefficient (Wildman–Crippen LogP) is -0.382. The first kappa shape index (κ1) is 25.2. The lowest BCUT2D eigenvalue weighted by Crippen LogP contribution is -3.19. The molecule has 0 aromatic rings. The van der Waals surface area contributed by atoms with E-state index in [1.54, 1.807) is 7.05 Å². The monoisotopic (exact) mass is 488 g/mol. The summed E-state index contributed by atoms with van der Waals surface area (Å²) in [5, 5.41) is 28.2. The number of carboxylic acid groups (broad SMARTS) is 1. The lowest BCUT2D eigenvalue weighted by atomic mass is 9.45. The number of carbonyl (C=O) groups is 1. The number of hydrogen-bond donors (Lipinski definition) is 4. The van der Waals surface area contributed by atoms with Crippen molar-refractivity contribution in [3.05, 3.63) is 11.1 Å². The van der Waals surface area contributed by atoms with E-state index in [4.69, 9.17) is 10.5 Å². The summed E-state index contributed by atoms with van der Waals surface area (Å²) in [7, 11) is 3.75. The molecule has 5 rings (SSSR count). The molecule has 4 fully saturated rings. The number of ether oxygens (including phenoxy) is 1. The molecule has 8 nitrogen and oxygen atoms in total.